The highest BCUT2D eigenvalue weighted by molar-refractivity contribution is 5.58. The molecule has 0 saturated heterocycles. The molecule has 0 unspecified atom stereocenters. The smallest absolute Gasteiger partial charge is 0.148 e. The van der Waals surface area contributed by atoms with E-state index in [1.54, 1.807) is 7.11 Å². The highest BCUT2D eigenvalue weighted by atomic mass is 16.5. The van der Waals surface area contributed by atoms with Gasteiger partial charge in [0, 0.05) is 32.2 Å². The van der Waals surface area contributed by atoms with Gasteiger partial charge in [0.2, 0.25) is 0 Å². The Morgan fingerprint density at radius 2 is 2.06 bits per heavy atom. The molecule has 0 amide bonds. The number of anilines is 2. The lowest BCUT2D eigenvalue weighted by molar-refractivity contribution is 0.206. The van der Waals surface area contributed by atoms with Crippen molar-refractivity contribution in [1.29, 1.82) is 0 Å². The van der Waals surface area contributed by atoms with E-state index in [0.29, 0.717) is 12.4 Å². The lowest BCUT2D eigenvalue weighted by Gasteiger charge is -2.22. The van der Waals surface area contributed by atoms with E-state index in [0.717, 1.165) is 23.8 Å². The van der Waals surface area contributed by atoms with Crippen molar-refractivity contribution in [3.8, 4) is 0 Å². The Labute approximate surface area is 109 Å². The van der Waals surface area contributed by atoms with E-state index in [9.17, 15) is 0 Å². The summed E-state index contributed by atoms with van der Waals surface area (Å²) in [6, 6.07) is 0. The summed E-state index contributed by atoms with van der Waals surface area (Å²) in [5, 5.41) is 0. The Hall–Kier alpha value is -1.40. The van der Waals surface area contributed by atoms with Gasteiger partial charge >= 0.3 is 0 Å². The van der Waals surface area contributed by atoms with Crippen LogP contribution in [0.2, 0.25) is 0 Å². The molecule has 18 heavy (non-hydrogen) atoms. The van der Waals surface area contributed by atoms with E-state index in [-0.39, 0.29) is 5.92 Å². The van der Waals surface area contributed by atoms with E-state index < -0.39 is 0 Å². The number of hydrazine groups is 1. The molecule has 1 rings (SSSR count). The first kappa shape index (κ1) is 14.7. The molecule has 0 fully saturated rings. The summed E-state index contributed by atoms with van der Waals surface area (Å²) >= 11 is 0. The Morgan fingerprint density at radius 3 is 2.56 bits per heavy atom. The largest absolute Gasteiger partial charge is 0.383 e. The number of nitrogens with one attached hydrogen (secondary N) is 1. The predicted molar refractivity (Wildman–Crippen MR) is 73.8 cm³/mol. The van der Waals surface area contributed by atoms with Crippen LogP contribution in [-0.2, 0) is 4.74 Å². The molecule has 1 aromatic heterocycles. The van der Waals surface area contributed by atoms with Gasteiger partial charge in [-0.2, -0.15) is 0 Å². The Kier molecular flexibility index (Phi) is 5.30. The third-order valence-corrected chi connectivity index (χ3v) is 2.78. The zero-order valence-corrected chi connectivity index (χ0v) is 11.8. The zero-order chi connectivity index (χ0) is 13.7. The lowest BCUT2D eigenvalue weighted by Crippen LogP contribution is -2.26. The number of likely N-dealkylation sites (N-methyl/N-ethyl adjacent to an activating group) is 1. The number of methoxy groups -OCH3 is 1. The number of rotatable bonds is 6. The molecular weight excluding hydrogens is 230 g/mol. The van der Waals surface area contributed by atoms with Gasteiger partial charge in [0.05, 0.1) is 6.61 Å². The van der Waals surface area contributed by atoms with Crippen LogP contribution >= 0.6 is 0 Å². The van der Waals surface area contributed by atoms with Crippen LogP contribution in [0.3, 0.4) is 0 Å². The number of hydrogen-bond donors (Lipinski definition) is 2. The molecule has 0 aliphatic carbocycles. The van der Waals surface area contributed by atoms with E-state index >= 15 is 0 Å². The fourth-order valence-corrected chi connectivity index (χ4v) is 1.63. The Morgan fingerprint density at radius 1 is 1.39 bits per heavy atom. The summed E-state index contributed by atoms with van der Waals surface area (Å²) in [6.45, 7) is 7.50. The SMILES string of the molecule is COCCN(C)c1nc(C(C)C)nc(NN)c1C. The summed E-state index contributed by atoms with van der Waals surface area (Å²) in [7, 11) is 3.67. The minimum absolute atomic E-state index is 0.257. The van der Waals surface area contributed by atoms with Crippen LogP contribution in [0.1, 0.15) is 31.2 Å². The fourth-order valence-electron chi connectivity index (χ4n) is 1.63. The lowest BCUT2D eigenvalue weighted by atomic mass is 10.2. The van der Waals surface area contributed by atoms with Gasteiger partial charge in [-0.25, -0.2) is 15.8 Å². The first-order chi connectivity index (χ1) is 8.51. The van der Waals surface area contributed by atoms with Gasteiger partial charge in [-0.1, -0.05) is 13.8 Å². The predicted octanol–water partition coefficient (Wildman–Crippen LogP) is 1.28. The summed E-state index contributed by atoms with van der Waals surface area (Å²) in [5.41, 5.74) is 3.58. The molecule has 0 aliphatic rings. The molecule has 0 spiro atoms. The van der Waals surface area contributed by atoms with E-state index in [1.807, 2.05) is 18.9 Å². The Balaban J connectivity index is 3.11. The number of ether oxygens (including phenoxy) is 1. The van der Waals surface area contributed by atoms with Crippen LogP contribution in [0.15, 0.2) is 0 Å². The third kappa shape index (κ3) is 3.30. The first-order valence-electron chi connectivity index (χ1n) is 6.06. The normalized spacial score (nSPS) is 10.8. The minimum Gasteiger partial charge on any atom is -0.383 e. The van der Waals surface area contributed by atoms with Crippen LogP contribution in [0, 0.1) is 6.92 Å². The van der Waals surface area contributed by atoms with Crippen LogP contribution in [0.25, 0.3) is 0 Å². The second-order valence-corrected chi connectivity index (χ2v) is 4.59. The number of nitrogen functional groups attached to an aromatic ring is 1. The molecule has 0 aromatic carbocycles. The highest BCUT2D eigenvalue weighted by Crippen LogP contribution is 2.24. The molecule has 6 heteroatoms. The van der Waals surface area contributed by atoms with Gasteiger partial charge in [0.1, 0.15) is 17.5 Å². The molecule has 0 saturated carbocycles. The molecule has 0 aliphatic heterocycles. The summed E-state index contributed by atoms with van der Waals surface area (Å²) in [4.78, 5) is 11.1. The van der Waals surface area contributed by atoms with Crippen molar-refractivity contribution in [1.82, 2.24) is 9.97 Å². The second-order valence-electron chi connectivity index (χ2n) is 4.59. The quantitative estimate of drug-likeness (QED) is 0.587. The first-order valence-corrected chi connectivity index (χ1v) is 6.06. The number of nitrogens with two attached hydrogens (primary N) is 1. The van der Waals surface area contributed by atoms with Crippen LogP contribution in [0.4, 0.5) is 11.6 Å². The minimum atomic E-state index is 0.257. The van der Waals surface area contributed by atoms with Crippen molar-refractivity contribution in [2.24, 2.45) is 5.84 Å². The van der Waals surface area contributed by atoms with Crippen LogP contribution in [0.5, 0.6) is 0 Å². The highest BCUT2D eigenvalue weighted by Gasteiger charge is 2.15. The van der Waals surface area contributed by atoms with Crippen LogP contribution in [-0.4, -0.2) is 37.3 Å². The maximum Gasteiger partial charge on any atom is 0.148 e. The van der Waals surface area contributed by atoms with Crippen molar-refractivity contribution in [3.05, 3.63) is 11.4 Å². The van der Waals surface area contributed by atoms with Gasteiger partial charge < -0.3 is 15.1 Å². The van der Waals surface area contributed by atoms with E-state index in [1.165, 1.54) is 0 Å². The monoisotopic (exact) mass is 253 g/mol. The number of hydrogen-bond acceptors (Lipinski definition) is 6. The Bertz CT molecular complexity index is 394. The topological polar surface area (TPSA) is 76.3 Å². The summed E-state index contributed by atoms with van der Waals surface area (Å²) in [5.74, 6) is 8.11. The summed E-state index contributed by atoms with van der Waals surface area (Å²) in [6.07, 6.45) is 0. The number of nitrogens with zero attached hydrogens (tertiary/aromatic N) is 3. The van der Waals surface area contributed by atoms with Crippen molar-refractivity contribution < 1.29 is 4.74 Å². The molecule has 0 radical (unpaired) electrons. The molecule has 1 heterocycles. The van der Waals surface area contributed by atoms with Crippen molar-refractivity contribution >= 4 is 11.6 Å². The average Bonchev–Trinajstić information content (AvgIpc) is 2.35. The molecule has 3 N–H and O–H groups in total. The van der Waals surface area contributed by atoms with Gasteiger partial charge in [0.25, 0.3) is 0 Å². The standard InChI is InChI=1S/C12H23N5O/c1-8(2)10-14-11(16-13)9(3)12(15-10)17(4)6-7-18-5/h8H,6-7,13H2,1-5H3,(H,14,15,16). The van der Waals surface area contributed by atoms with Gasteiger partial charge in [-0.3, -0.25) is 0 Å². The van der Waals surface area contributed by atoms with Gasteiger partial charge in [-0.15, -0.1) is 0 Å². The van der Waals surface area contributed by atoms with E-state index in [4.69, 9.17) is 10.6 Å². The molecule has 102 valence electrons. The maximum absolute atomic E-state index is 5.51. The van der Waals surface area contributed by atoms with Crippen LogP contribution < -0.4 is 16.2 Å². The fraction of sp³-hybridized carbons (Fsp3) is 0.667. The van der Waals surface area contributed by atoms with Gasteiger partial charge in [-0.05, 0) is 6.92 Å². The molecule has 1 aromatic rings. The second kappa shape index (κ2) is 6.51. The van der Waals surface area contributed by atoms with E-state index in [2.05, 4.69) is 29.2 Å². The van der Waals surface area contributed by atoms with Crippen molar-refractivity contribution in [3.63, 3.8) is 0 Å². The van der Waals surface area contributed by atoms with Crippen molar-refractivity contribution in [2.45, 2.75) is 26.7 Å². The van der Waals surface area contributed by atoms with Crippen molar-refractivity contribution in [2.75, 3.05) is 37.6 Å². The number of aromatic nitrogens is 2. The molecule has 0 atom stereocenters. The zero-order valence-electron chi connectivity index (χ0n) is 11.8. The average molecular weight is 253 g/mol. The summed E-state index contributed by atoms with van der Waals surface area (Å²) < 4.78 is 5.08. The van der Waals surface area contributed by atoms with Gasteiger partial charge in [0.15, 0.2) is 0 Å². The maximum atomic E-state index is 5.51. The molecular formula is C12H23N5O. The third-order valence-electron chi connectivity index (χ3n) is 2.78. The molecule has 0 bridgehead atoms. The molecule has 6 nitrogen and oxygen atoms in total.